The highest BCUT2D eigenvalue weighted by atomic mass is 35.5. The molecule has 1 heterocycles. The molecule has 1 aliphatic rings. The van der Waals surface area contributed by atoms with Gasteiger partial charge in [-0.05, 0) is 60.2 Å². The molecule has 7 heteroatoms. The Morgan fingerprint density at radius 3 is 2.34 bits per heavy atom. The molecule has 0 N–H and O–H groups in total. The lowest BCUT2D eigenvalue weighted by molar-refractivity contribution is 0.0600. The fourth-order valence-corrected chi connectivity index (χ4v) is 3.24. The zero-order valence-electron chi connectivity index (χ0n) is 17.0. The largest absolute Gasteiger partial charge is 0.485 e. The van der Waals surface area contributed by atoms with Crippen molar-refractivity contribution in [3.63, 3.8) is 0 Å². The molecule has 160 valence electrons. The summed E-state index contributed by atoms with van der Waals surface area (Å²) in [4.78, 5) is 36.4. The van der Waals surface area contributed by atoms with Gasteiger partial charge in [-0.15, -0.1) is 0 Å². The van der Waals surface area contributed by atoms with Crippen LogP contribution in [0.2, 0.25) is 5.02 Å². The van der Waals surface area contributed by atoms with Crippen molar-refractivity contribution in [1.82, 2.24) is 0 Å². The molecule has 0 saturated carbocycles. The van der Waals surface area contributed by atoms with Gasteiger partial charge >= 0.3 is 5.97 Å². The van der Waals surface area contributed by atoms with Gasteiger partial charge in [0.2, 0.25) is 5.78 Å². The highest BCUT2D eigenvalue weighted by molar-refractivity contribution is 6.30. The van der Waals surface area contributed by atoms with E-state index in [1.165, 1.54) is 7.11 Å². The second kappa shape index (κ2) is 9.08. The SMILES string of the molecule is COC(=O)c1ccc(C=C2Oc3cc(OCC(=O)c4ccc(Cl)cc4)ccc3C2=O)cc1. The summed E-state index contributed by atoms with van der Waals surface area (Å²) < 4.78 is 16.0. The van der Waals surface area contributed by atoms with Crippen LogP contribution in [0.3, 0.4) is 0 Å². The summed E-state index contributed by atoms with van der Waals surface area (Å²) in [5.74, 6) is 0.00878. The Labute approximate surface area is 189 Å². The van der Waals surface area contributed by atoms with Gasteiger partial charge in [-0.25, -0.2) is 4.79 Å². The molecule has 32 heavy (non-hydrogen) atoms. The molecule has 0 amide bonds. The first kappa shape index (κ1) is 21.3. The van der Waals surface area contributed by atoms with E-state index < -0.39 is 5.97 Å². The first-order valence-electron chi connectivity index (χ1n) is 9.63. The molecule has 4 rings (SSSR count). The van der Waals surface area contributed by atoms with Gasteiger partial charge in [0.15, 0.2) is 18.1 Å². The molecule has 0 atom stereocenters. The Morgan fingerprint density at radius 1 is 0.969 bits per heavy atom. The Kier molecular flexibility index (Phi) is 6.05. The third kappa shape index (κ3) is 4.55. The first-order chi connectivity index (χ1) is 15.4. The molecule has 3 aromatic carbocycles. The summed E-state index contributed by atoms with van der Waals surface area (Å²) in [5, 5.41) is 0.547. The number of Topliss-reactive ketones (excluding diaryl/α,β-unsaturated/α-hetero) is 2. The lowest BCUT2D eigenvalue weighted by atomic mass is 10.1. The number of carbonyl (C=O) groups is 3. The number of fused-ring (bicyclic) bond motifs is 1. The van der Waals surface area contributed by atoms with Gasteiger partial charge in [-0.3, -0.25) is 9.59 Å². The zero-order valence-corrected chi connectivity index (χ0v) is 17.7. The Bertz CT molecular complexity index is 1230. The number of allylic oxidation sites excluding steroid dienone is 1. The molecule has 0 spiro atoms. The average molecular weight is 449 g/mol. The smallest absolute Gasteiger partial charge is 0.337 e. The normalized spacial score (nSPS) is 13.4. The number of hydrogen-bond donors (Lipinski definition) is 0. The quantitative estimate of drug-likeness (QED) is 0.300. The molecule has 0 unspecified atom stereocenters. The van der Waals surface area contributed by atoms with Crippen molar-refractivity contribution in [2.75, 3.05) is 13.7 Å². The average Bonchev–Trinajstić information content (AvgIpc) is 3.12. The molecule has 0 fully saturated rings. The van der Waals surface area contributed by atoms with Crippen LogP contribution in [-0.2, 0) is 4.74 Å². The van der Waals surface area contributed by atoms with E-state index in [0.29, 0.717) is 38.8 Å². The van der Waals surface area contributed by atoms with Crippen LogP contribution in [0.25, 0.3) is 6.08 Å². The minimum Gasteiger partial charge on any atom is -0.485 e. The number of ether oxygens (including phenoxy) is 3. The van der Waals surface area contributed by atoms with E-state index in [9.17, 15) is 14.4 Å². The van der Waals surface area contributed by atoms with E-state index in [-0.39, 0.29) is 23.9 Å². The predicted octanol–water partition coefficient (Wildman–Crippen LogP) is 5.00. The Balaban J connectivity index is 1.45. The molecule has 0 aromatic heterocycles. The molecular weight excluding hydrogens is 432 g/mol. The number of carbonyl (C=O) groups excluding carboxylic acids is 3. The molecular formula is C25H17ClO6. The van der Waals surface area contributed by atoms with Crippen molar-refractivity contribution in [3.05, 3.63) is 99.8 Å². The number of esters is 1. The lowest BCUT2D eigenvalue weighted by Crippen LogP contribution is -2.11. The monoisotopic (exact) mass is 448 g/mol. The van der Waals surface area contributed by atoms with E-state index >= 15 is 0 Å². The van der Waals surface area contributed by atoms with Crippen molar-refractivity contribution in [2.24, 2.45) is 0 Å². The number of hydrogen-bond acceptors (Lipinski definition) is 6. The summed E-state index contributed by atoms with van der Waals surface area (Å²) >= 11 is 5.84. The summed E-state index contributed by atoms with van der Waals surface area (Å²) in [6, 6.07) is 17.9. The molecule has 0 bridgehead atoms. The number of rotatable bonds is 6. The van der Waals surface area contributed by atoms with Crippen molar-refractivity contribution in [3.8, 4) is 11.5 Å². The molecule has 1 aliphatic heterocycles. The van der Waals surface area contributed by atoms with Crippen LogP contribution in [0.4, 0.5) is 0 Å². The van der Waals surface area contributed by atoms with Crippen LogP contribution < -0.4 is 9.47 Å². The summed E-state index contributed by atoms with van der Waals surface area (Å²) in [5.41, 5.74) is 2.00. The van der Waals surface area contributed by atoms with E-state index in [2.05, 4.69) is 4.74 Å². The lowest BCUT2D eigenvalue weighted by Gasteiger charge is -2.07. The van der Waals surface area contributed by atoms with E-state index in [1.54, 1.807) is 72.8 Å². The molecule has 0 saturated heterocycles. The van der Waals surface area contributed by atoms with Crippen LogP contribution in [0.1, 0.15) is 36.6 Å². The number of ketones is 2. The van der Waals surface area contributed by atoms with Crippen LogP contribution in [-0.4, -0.2) is 31.3 Å². The second-order valence-electron chi connectivity index (χ2n) is 6.93. The van der Waals surface area contributed by atoms with Gasteiger partial charge in [0.25, 0.3) is 0 Å². The van der Waals surface area contributed by atoms with E-state index in [4.69, 9.17) is 21.1 Å². The minimum absolute atomic E-state index is 0.153. The van der Waals surface area contributed by atoms with E-state index in [1.807, 2.05) is 0 Å². The zero-order chi connectivity index (χ0) is 22.7. The van der Waals surface area contributed by atoms with Crippen molar-refractivity contribution in [1.29, 1.82) is 0 Å². The van der Waals surface area contributed by atoms with Crippen molar-refractivity contribution in [2.45, 2.75) is 0 Å². The Morgan fingerprint density at radius 2 is 1.66 bits per heavy atom. The van der Waals surface area contributed by atoms with Crippen LogP contribution >= 0.6 is 11.6 Å². The second-order valence-corrected chi connectivity index (χ2v) is 7.37. The van der Waals surface area contributed by atoms with E-state index in [0.717, 1.165) is 0 Å². The van der Waals surface area contributed by atoms with Gasteiger partial charge in [-0.1, -0.05) is 23.7 Å². The topological polar surface area (TPSA) is 78.9 Å². The Hall–Kier alpha value is -3.90. The number of benzene rings is 3. The fourth-order valence-electron chi connectivity index (χ4n) is 3.11. The fraction of sp³-hybridized carbons (Fsp3) is 0.0800. The standard InChI is InChI=1S/C25H17ClO6/c1-30-25(29)17-4-2-15(3-5-17)12-23-24(28)20-11-10-19(13-22(20)32-23)31-14-21(27)16-6-8-18(26)9-7-16/h2-13H,14H2,1H3. The van der Waals surface area contributed by atoms with Crippen LogP contribution in [0, 0.1) is 0 Å². The number of methoxy groups -OCH3 is 1. The molecule has 6 nitrogen and oxygen atoms in total. The third-order valence-corrected chi connectivity index (χ3v) is 5.06. The van der Waals surface area contributed by atoms with Crippen LogP contribution in [0.5, 0.6) is 11.5 Å². The minimum atomic E-state index is -0.438. The van der Waals surface area contributed by atoms with Gasteiger partial charge in [-0.2, -0.15) is 0 Å². The van der Waals surface area contributed by atoms with Gasteiger partial charge < -0.3 is 14.2 Å². The molecule has 0 radical (unpaired) electrons. The summed E-state index contributed by atoms with van der Waals surface area (Å²) in [7, 11) is 1.31. The number of halogens is 1. The maximum absolute atomic E-state index is 12.6. The maximum Gasteiger partial charge on any atom is 0.337 e. The van der Waals surface area contributed by atoms with Gasteiger partial charge in [0, 0.05) is 16.7 Å². The van der Waals surface area contributed by atoms with Crippen LogP contribution in [0.15, 0.2) is 72.5 Å². The van der Waals surface area contributed by atoms with Gasteiger partial charge in [0.1, 0.15) is 11.5 Å². The highest BCUT2D eigenvalue weighted by Gasteiger charge is 2.27. The third-order valence-electron chi connectivity index (χ3n) is 4.81. The van der Waals surface area contributed by atoms with Crippen molar-refractivity contribution < 1.29 is 28.6 Å². The predicted molar refractivity (Wildman–Crippen MR) is 118 cm³/mol. The highest BCUT2D eigenvalue weighted by Crippen LogP contribution is 2.35. The molecule has 3 aromatic rings. The van der Waals surface area contributed by atoms with Gasteiger partial charge in [0.05, 0.1) is 18.2 Å². The summed E-state index contributed by atoms with van der Waals surface area (Å²) in [6.07, 6.45) is 1.59. The molecule has 0 aliphatic carbocycles. The van der Waals surface area contributed by atoms with Crippen molar-refractivity contribution >= 4 is 35.2 Å². The summed E-state index contributed by atoms with van der Waals surface area (Å²) in [6.45, 7) is -0.163. The first-order valence-corrected chi connectivity index (χ1v) is 10.0. The maximum atomic E-state index is 12.6.